The van der Waals surface area contributed by atoms with Gasteiger partial charge in [-0.2, -0.15) is 20.5 Å². The van der Waals surface area contributed by atoms with Crippen LogP contribution in [0, 0.1) is 34.5 Å². The molecule has 12 heterocycles. The van der Waals surface area contributed by atoms with E-state index in [9.17, 15) is 49.5 Å². The van der Waals surface area contributed by atoms with Crippen LogP contribution in [-0.4, -0.2) is 242 Å². The maximum absolute atomic E-state index is 17.8. The number of halogens is 2. The van der Waals surface area contributed by atoms with Gasteiger partial charge in [-0.05, 0) is 84.1 Å². The lowest BCUT2D eigenvalue weighted by atomic mass is 10.1. The predicted octanol–water partition coefficient (Wildman–Crippen LogP) is 10.2. The van der Waals surface area contributed by atoms with Crippen molar-refractivity contribution in [2.75, 3.05) is 60.9 Å². The largest absolute Gasteiger partial charge is 0.698 e. The van der Waals surface area contributed by atoms with E-state index >= 15 is 13.3 Å². The molecule has 4 aliphatic rings. The lowest BCUT2D eigenvalue weighted by Gasteiger charge is -2.40. The molecule has 54 heteroatoms. The van der Waals surface area contributed by atoms with Crippen molar-refractivity contribution in [2.45, 2.75) is 217 Å². The summed E-state index contributed by atoms with van der Waals surface area (Å²) in [5.41, 5.74) is -2.15. The number of aromatic nitrogens is 16. The van der Waals surface area contributed by atoms with Gasteiger partial charge >= 0.3 is 21.7 Å². The van der Waals surface area contributed by atoms with Gasteiger partial charge in [-0.15, -0.1) is 9.05 Å². The van der Waals surface area contributed by atoms with Crippen LogP contribution in [0.15, 0.2) is 108 Å². The monoisotopic (exact) mass is 1990 g/mol. The van der Waals surface area contributed by atoms with Crippen LogP contribution < -0.4 is 32.4 Å². The number of nitriles is 2. The van der Waals surface area contributed by atoms with E-state index in [4.69, 9.17) is 87.6 Å². The summed E-state index contributed by atoms with van der Waals surface area (Å²) in [4.78, 5) is 131. The Kier molecular flexibility index (Phi) is 30.8. The average Bonchev–Trinajstić information content (AvgIpc) is 1.59. The second-order valence-electron chi connectivity index (χ2n) is 35.2. The SMILES string of the molecule is CC(C)C(=O)Nc1nc2c(ncn2[C@@H]2O[C@H](COP(=S)(OCCC#N)O[C@H]3[C@@H](F)[C@H](n4cnc5c(NC(=O)c6ccccc6)ncnc54)O[C@@H]3CO)[C@@H](O[Si](C)(C)C(C)(C)C)[C@H]2O[P+](=O)O[C@@H]2[C@H](O[Si](C)(C)C(C)(C)C)[C@@H](COP(=S)(OCCC#N)O[C@H]3[C@@H](F)[C@H](n4cnc5c(NC(=O)c6ccccc6)ncnc54)O[C@@H]3CO)O[C@H]2n2cnc3c(=O)[nH]c(NC(=O)C(C)C)nc32)c(=O)[nH]1. The van der Waals surface area contributed by atoms with Crippen molar-refractivity contribution < 1.29 is 107 Å². The lowest BCUT2D eigenvalue weighted by molar-refractivity contribution is -0.119. The summed E-state index contributed by atoms with van der Waals surface area (Å²) in [6, 6.07) is 20.4. The Morgan fingerprint density at radius 1 is 0.515 bits per heavy atom. The fourth-order valence-electron chi connectivity index (χ4n) is 14.2. The molecule has 716 valence electrons. The van der Waals surface area contributed by atoms with E-state index in [0.717, 1.165) is 25.3 Å². The van der Waals surface area contributed by atoms with Crippen molar-refractivity contribution >= 4 is 154 Å². The zero-order valence-electron chi connectivity index (χ0n) is 74.8. The number of rotatable bonds is 38. The van der Waals surface area contributed by atoms with E-state index in [1.807, 2.05) is 79.9 Å². The Morgan fingerprint density at radius 2 is 0.866 bits per heavy atom. The number of H-pyrrole nitrogens is 2. The Bertz CT molecular complexity index is 5950. The molecule has 0 bridgehead atoms. The van der Waals surface area contributed by atoms with E-state index in [1.54, 1.807) is 88.4 Å². The summed E-state index contributed by atoms with van der Waals surface area (Å²) in [5.74, 6) is -4.16. The van der Waals surface area contributed by atoms with E-state index in [1.165, 1.54) is 30.9 Å². The Balaban J connectivity index is 0.831. The summed E-state index contributed by atoms with van der Waals surface area (Å²) in [7, 11) is -10.4. The van der Waals surface area contributed by atoms with Gasteiger partial charge in [0.05, 0.1) is 89.9 Å². The first-order chi connectivity index (χ1) is 63.6. The molecule has 4 aliphatic heterocycles. The maximum atomic E-state index is 17.8. The molecule has 18 atom stereocenters. The molecule has 134 heavy (non-hydrogen) atoms. The van der Waals surface area contributed by atoms with Crippen molar-refractivity contribution in [1.29, 1.82) is 10.5 Å². The number of aliphatic hydroxyl groups excluding tert-OH is 2. The molecule has 0 saturated carbocycles. The number of carbonyl (C=O) groups excluding carboxylic acids is 4. The van der Waals surface area contributed by atoms with Crippen molar-refractivity contribution in [2.24, 2.45) is 11.8 Å². The highest BCUT2D eigenvalue weighted by molar-refractivity contribution is 8.07. The summed E-state index contributed by atoms with van der Waals surface area (Å²) >= 11 is 12.3. The summed E-state index contributed by atoms with van der Waals surface area (Å²) < 4.78 is 150. The number of imidazole rings is 4. The molecular formula is C80H100F2N22O23P3S2Si2+. The van der Waals surface area contributed by atoms with Gasteiger partial charge in [-0.25, -0.2) is 48.7 Å². The number of amides is 4. The van der Waals surface area contributed by atoms with Crippen molar-refractivity contribution in [3.63, 3.8) is 0 Å². The van der Waals surface area contributed by atoms with Gasteiger partial charge in [0.25, 0.3) is 22.9 Å². The molecule has 8 N–H and O–H groups in total. The number of fused-ring (bicyclic) bond motifs is 4. The molecule has 2 aromatic carbocycles. The number of ether oxygens (including phenoxy) is 4. The minimum atomic E-state index is -4.54. The first-order valence-corrected chi connectivity index (χ1v) is 54.4. The summed E-state index contributed by atoms with van der Waals surface area (Å²) in [6.45, 7) is 12.1. The molecule has 0 radical (unpaired) electrons. The summed E-state index contributed by atoms with van der Waals surface area (Å²) in [6.07, 6.45) is -21.4. The van der Waals surface area contributed by atoms with Gasteiger partial charge in [0.1, 0.15) is 61.5 Å². The Hall–Kier alpha value is -9.85. The number of hydrogen-bond acceptors (Lipinski definition) is 37. The smallest absolute Gasteiger partial charge is 0.408 e. The van der Waals surface area contributed by atoms with Gasteiger partial charge in [0.15, 0.2) is 122 Å². The second-order valence-corrected chi connectivity index (χ2v) is 51.5. The fraction of sp³-hybridized carbons (Fsp3) is 0.525. The maximum Gasteiger partial charge on any atom is 0.698 e. The van der Waals surface area contributed by atoms with Gasteiger partial charge < -0.3 is 66.7 Å². The number of carbonyl (C=O) groups is 4. The topological polar surface area (TPSA) is 565 Å². The number of anilines is 4. The highest BCUT2D eigenvalue weighted by Crippen LogP contribution is 2.59. The molecule has 2 unspecified atom stereocenters. The number of nitrogens with one attached hydrogen (secondary N) is 6. The van der Waals surface area contributed by atoms with Crippen LogP contribution in [0.25, 0.3) is 44.7 Å². The fourth-order valence-corrected chi connectivity index (χ4v) is 21.9. The van der Waals surface area contributed by atoms with Crippen LogP contribution in [-0.2, 0) is 102 Å². The molecule has 4 saturated heterocycles. The second kappa shape index (κ2) is 41.2. The molecule has 10 aromatic rings. The zero-order valence-corrected chi connectivity index (χ0v) is 81.1. The van der Waals surface area contributed by atoms with Crippen LogP contribution in [0.5, 0.6) is 0 Å². The van der Waals surface area contributed by atoms with Gasteiger partial charge in [-0.1, -0.05) is 106 Å². The van der Waals surface area contributed by atoms with Crippen LogP contribution in [0.3, 0.4) is 0 Å². The van der Waals surface area contributed by atoms with Gasteiger partial charge in [0.2, 0.25) is 23.7 Å². The first kappa shape index (κ1) is 100. The molecule has 4 fully saturated rings. The van der Waals surface area contributed by atoms with Crippen LogP contribution in [0.4, 0.5) is 32.3 Å². The minimum absolute atomic E-state index is 0.00771. The quantitative estimate of drug-likeness (QED) is 0.0101. The van der Waals surface area contributed by atoms with Crippen LogP contribution in [0.1, 0.15) is 128 Å². The normalized spacial score (nSPS) is 24.5. The molecule has 8 aromatic heterocycles. The predicted molar refractivity (Wildman–Crippen MR) is 486 cm³/mol. The van der Waals surface area contributed by atoms with Crippen molar-refractivity contribution in [3.05, 3.63) is 130 Å². The Morgan fingerprint density at radius 3 is 1.21 bits per heavy atom. The molecular weight excluding hydrogens is 1890 g/mol. The molecule has 4 amide bonds. The minimum Gasteiger partial charge on any atom is -0.408 e. The van der Waals surface area contributed by atoms with Crippen LogP contribution >= 0.6 is 21.7 Å². The van der Waals surface area contributed by atoms with Gasteiger partial charge in [0, 0.05) is 27.5 Å². The highest BCUT2D eigenvalue weighted by Gasteiger charge is 2.61. The van der Waals surface area contributed by atoms with E-state index < -0.39 is 233 Å². The molecule has 14 rings (SSSR count). The molecule has 0 aliphatic carbocycles. The van der Waals surface area contributed by atoms with Crippen molar-refractivity contribution in [1.82, 2.24) is 78.1 Å². The van der Waals surface area contributed by atoms with E-state index in [0.29, 0.717) is 11.1 Å². The average molecular weight is 1990 g/mol. The number of nitrogens with zero attached hydrogens (tertiary/aromatic N) is 16. The Labute approximate surface area is 776 Å². The van der Waals surface area contributed by atoms with E-state index in [2.05, 4.69) is 81.1 Å². The lowest BCUT2D eigenvalue weighted by Crippen LogP contribution is -2.50. The van der Waals surface area contributed by atoms with Crippen molar-refractivity contribution in [3.8, 4) is 12.1 Å². The van der Waals surface area contributed by atoms with E-state index in [-0.39, 0.29) is 81.0 Å². The number of aromatic amines is 2. The first-order valence-electron chi connectivity index (χ1n) is 42.4. The number of benzene rings is 2. The number of alkyl halides is 2. The van der Waals surface area contributed by atoms with Gasteiger partial charge in [-0.3, -0.25) is 76.7 Å². The summed E-state index contributed by atoms with van der Waals surface area (Å²) in [5, 5.41) is 51.1. The van der Waals surface area contributed by atoms with Crippen LogP contribution in [0.2, 0.25) is 36.3 Å². The zero-order chi connectivity index (χ0) is 96.4. The standard InChI is InChI=1S/C80H99F2N22O23P3S2Si2/c1-41(2)67(107)97-77-95-65-53(71(111)99-77)91-39-103(65)75-59(57(126-133(11,12)79(5,6)7)47(120-75)33-116-129(131,114-29-21-27-83)124-55-45(31-105)118-73(49(55)81)101-37-89-51-61(85-35-87-63(51)101)93-69(109)43-23-17-15-18-24-43)122-128(113)123-60-58(127-134(13,14)80(8,9)10)48(121-76(60)104-40-92-54-66(104)96-78(100-72(54)112)98-68(108)42(3)4)34-117-130(132,115-30-22-28-84)125-56-46(32-106)119-74(50(56)82)102-38-90-52-62(86-36-88-64(52)102)94-70(110)44-25-19-16-20-26-44/h15-20,23-26,35-42,45-50,55-60,73-76,105-106H,21-22,29-34H2,1-14H3,(H5-,85,86,87,88,93,94,95,96,97,98,99,100,107,108,109,110,111,112)/p+1/t45-,46-,47-,48-,49-,50-,55-,56-,57-,58-,59-,60-,73-,74-,75-,76-,129?,130?/m1/s1. The third-order valence-corrected chi connectivity index (χ3v) is 37.8. The highest BCUT2D eigenvalue weighted by atomic mass is 32.5. The molecule has 45 nitrogen and oxygen atoms in total. The number of aliphatic hydroxyl groups is 2. The molecule has 0 spiro atoms. The number of hydrogen-bond donors (Lipinski definition) is 8. The third-order valence-electron chi connectivity index (χ3n) is 23.3. The third kappa shape index (κ3) is 21.6.